The minimum absolute atomic E-state index is 0.177. The molecule has 0 saturated carbocycles. The van der Waals surface area contributed by atoms with Gasteiger partial charge in [0.25, 0.3) is 0 Å². The fraction of sp³-hybridized carbons (Fsp3) is 0.462. The second kappa shape index (κ2) is 5.96. The van der Waals surface area contributed by atoms with E-state index in [1.54, 1.807) is 6.92 Å². The number of carbonyl (C=O) groups excluding carboxylic acids is 1. The van der Waals surface area contributed by atoms with Crippen LogP contribution in [0.25, 0.3) is 0 Å². The monoisotopic (exact) mass is 254 g/mol. The molecule has 0 N–H and O–H groups in total. The minimum Gasteiger partial charge on any atom is -0.469 e. The maximum absolute atomic E-state index is 12.2. The quantitative estimate of drug-likeness (QED) is 0.775. The summed E-state index contributed by atoms with van der Waals surface area (Å²) in [5.41, 5.74) is 2.14. The Labute approximate surface area is 105 Å². The molecule has 0 saturated heterocycles. The third-order valence-electron chi connectivity index (χ3n) is 2.59. The molecule has 2 unspecified atom stereocenters. The Kier molecular flexibility index (Phi) is 4.87. The highest BCUT2D eigenvalue weighted by Gasteiger charge is 2.18. The molecule has 1 aromatic carbocycles. The van der Waals surface area contributed by atoms with Gasteiger partial charge in [-0.25, -0.2) is 0 Å². The van der Waals surface area contributed by atoms with Crippen LogP contribution in [0.2, 0.25) is 0 Å². The Hall–Kier alpha value is -1.16. The van der Waals surface area contributed by atoms with Gasteiger partial charge < -0.3 is 4.74 Å². The van der Waals surface area contributed by atoms with Crippen molar-refractivity contribution < 1.29 is 13.7 Å². The van der Waals surface area contributed by atoms with Crippen LogP contribution in [-0.4, -0.2) is 22.5 Å². The van der Waals surface area contributed by atoms with Crippen LogP contribution in [0.5, 0.6) is 0 Å². The standard InChI is InChI=1S/C13H18O3S/c1-9-5-6-12(10(2)7-9)17(15)11(3)8-13(14)16-4/h5-7,11H,8H2,1-4H3. The van der Waals surface area contributed by atoms with Crippen molar-refractivity contribution in [1.82, 2.24) is 0 Å². The fourth-order valence-electron chi connectivity index (χ4n) is 1.64. The van der Waals surface area contributed by atoms with E-state index in [4.69, 9.17) is 0 Å². The Balaban J connectivity index is 2.85. The summed E-state index contributed by atoms with van der Waals surface area (Å²) in [6.07, 6.45) is 0.177. The van der Waals surface area contributed by atoms with Crippen LogP contribution in [0.4, 0.5) is 0 Å². The highest BCUT2D eigenvalue weighted by Crippen LogP contribution is 2.19. The smallest absolute Gasteiger partial charge is 0.306 e. The van der Waals surface area contributed by atoms with Crippen molar-refractivity contribution in [3.63, 3.8) is 0 Å². The first kappa shape index (κ1) is 13.9. The predicted octanol–water partition coefficient (Wildman–Crippen LogP) is 2.36. The van der Waals surface area contributed by atoms with E-state index in [1.807, 2.05) is 32.0 Å². The van der Waals surface area contributed by atoms with Crippen molar-refractivity contribution in [2.45, 2.75) is 37.3 Å². The van der Waals surface area contributed by atoms with Crippen LogP contribution in [-0.2, 0) is 20.3 Å². The van der Waals surface area contributed by atoms with Gasteiger partial charge in [0.05, 0.1) is 24.3 Å². The second-order valence-corrected chi connectivity index (χ2v) is 6.00. The van der Waals surface area contributed by atoms with E-state index >= 15 is 0 Å². The first-order chi connectivity index (χ1) is 7.95. The van der Waals surface area contributed by atoms with Crippen LogP contribution >= 0.6 is 0 Å². The van der Waals surface area contributed by atoms with Crippen molar-refractivity contribution in [3.8, 4) is 0 Å². The Morgan fingerprint density at radius 3 is 2.59 bits per heavy atom. The molecule has 0 heterocycles. The van der Waals surface area contributed by atoms with E-state index in [0.29, 0.717) is 0 Å². The number of rotatable bonds is 4. The second-order valence-electron chi connectivity index (χ2n) is 4.16. The Morgan fingerprint density at radius 2 is 2.06 bits per heavy atom. The summed E-state index contributed by atoms with van der Waals surface area (Å²) in [4.78, 5) is 11.9. The molecular formula is C13H18O3S. The third-order valence-corrected chi connectivity index (χ3v) is 4.38. The summed E-state index contributed by atoms with van der Waals surface area (Å²) in [7, 11) is 0.171. The first-order valence-corrected chi connectivity index (χ1v) is 6.71. The SMILES string of the molecule is COC(=O)CC(C)S(=O)c1ccc(C)cc1C. The molecule has 0 aliphatic rings. The topological polar surface area (TPSA) is 43.4 Å². The minimum atomic E-state index is -1.17. The van der Waals surface area contributed by atoms with Gasteiger partial charge in [-0.3, -0.25) is 9.00 Å². The average Bonchev–Trinajstić information content (AvgIpc) is 2.28. The van der Waals surface area contributed by atoms with Crippen LogP contribution in [0, 0.1) is 13.8 Å². The highest BCUT2D eigenvalue weighted by molar-refractivity contribution is 7.85. The van der Waals surface area contributed by atoms with Crippen LogP contribution in [0.1, 0.15) is 24.5 Å². The van der Waals surface area contributed by atoms with Gasteiger partial charge in [-0.15, -0.1) is 0 Å². The van der Waals surface area contributed by atoms with Gasteiger partial charge in [0.2, 0.25) is 0 Å². The number of ether oxygens (including phenoxy) is 1. The van der Waals surface area contributed by atoms with Crippen molar-refractivity contribution in [2.75, 3.05) is 7.11 Å². The summed E-state index contributed by atoms with van der Waals surface area (Å²) < 4.78 is 16.8. The number of carbonyl (C=O) groups is 1. The van der Waals surface area contributed by atoms with E-state index in [0.717, 1.165) is 16.0 Å². The molecule has 1 rings (SSSR count). The van der Waals surface area contributed by atoms with Crippen molar-refractivity contribution in [3.05, 3.63) is 29.3 Å². The molecule has 1 aromatic rings. The molecule has 0 radical (unpaired) electrons. The van der Waals surface area contributed by atoms with E-state index in [1.165, 1.54) is 7.11 Å². The molecule has 0 amide bonds. The predicted molar refractivity (Wildman–Crippen MR) is 68.4 cm³/mol. The van der Waals surface area contributed by atoms with Crippen LogP contribution < -0.4 is 0 Å². The van der Waals surface area contributed by atoms with Crippen LogP contribution in [0.3, 0.4) is 0 Å². The molecule has 0 spiro atoms. The molecular weight excluding hydrogens is 236 g/mol. The number of methoxy groups -OCH3 is 1. The lowest BCUT2D eigenvalue weighted by molar-refractivity contribution is -0.140. The van der Waals surface area contributed by atoms with Crippen molar-refractivity contribution >= 4 is 16.8 Å². The molecule has 0 aromatic heterocycles. The van der Waals surface area contributed by atoms with Gasteiger partial charge >= 0.3 is 5.97 Å². The van der Waals surface area contributed by atoms with Gasteiger partial charge in [0, 0.05) is 10.1 Å². The number of aryl methyl sites for hydroxylation is 2. The molecule has 4 heteroatoms. The number of hydrogen-bond acceptors (Lipinski definition) is 3. The number of hydrogen-bond donors (Lipinski definition) is 0. The zero-order valence-corrected chi connectivity index (χ0v) is 11.5. The zero-order valence-electron chi connectivity index (χ0n) is 10.6. The zero-order chi connectivity index (χ0) is 13.0. The normalized spacial score (nSPS) is 14.1. The maximum Gasteiger partial charge on any atom is 0.306 e. The molecule has 2 atom stereocenters. The van der Waals surface area contributed by atoms with Gasteiger partial charge in [0.15, 0.2) is 0 Å². The van der Waals surface area contributed by atoms with E-state index < -0.39 is 10.8 Å². The summed E-state index contributed by atoms with van der Waals surface area (Å²) in [6.45, 7) is 5.73. The summed E-state index contributed by atoms with van der Waals surface area (Å²) in [5, 5.41) is -0.233. The lowest BCUT2D eigenvalue weighted by atomic mass is 10.2. The fourth-order valence-corrected chi connectivity index (χ4v) is 2.93. The van der Waals surface area contributed by atoms with Gasteiger partial charge in [-0.1, -0.05) is 17.7 Å². The summed E-state index contributed by atoms with van der Waals surface area (Å²) in [5.74, 6) is -0.324. The highest BCUT2D eigenvalue weighted by atomic mass is 32.2. The molecule has 0 aliphatic heterocycles. The average molecular weight is 254 g/mol. The third kappa shape index (κ3) is 3.66. The van der Waals surface area contributed by atoms with E-state index in [-0.39, 0.29) is 17.6 Å². The first-order valence-electron chi connectivity index (χ1n) is 5.50. The molecule has 94 valence electrons. The number of esters is 1. The molecule has 17 heavy (non-hydrogen) atoms. The molecule has 3 nitrogen and oxygen atoms in total. The van der Waals surface area contributed by atoms with E-state index in [2.05, 4.69) is 4.74 Å². The molecule has 0 bridgehead atoms. The van der Waals surface area contributed by atoms with Crippen molar-refractivity contribution in [1.29, 1.82) is 0 Å². The van der Waals surface area contributed by atoms with Gasteiger partial charge in [-0.05, 0) is 32.4 Å². The largest absolute Gasteiger partial charge is 0.469 e. The van der Waals surface area contributed by atoms with Gasteiger partial charge in [-0.2, -0.15) is 0 Å². The van der Waals surface area contributed by atoms with Crippen LogP contribution in [0.15, 0.2) is 23.1 Å². The Bertz CT molecular complexity index is 440. The van der Waals surface area contributed by atoms with E-state index in [9.17, 15) is 9.00 Å². The van der Waals surface area contributed by atoms with Gasteiger partial charge in [0.1, 0.15) is 0 Å². The summed E-state index contributed by atoms with van der Waals surface area (Å²) in [6, 6.07) is 5.80. The Morgan fingerprint density at radius 1 is 1.41 bits per heavy atom. The van der Waals surface area contributed by atoms with Crippen molar-refractivity contribution in [2.24, 2.45) is 0 Å². The lowest BCUT2D eigenvalue weighted by Gasteiger charge is -2.12. The lowest BCUT2D eigenvalue weighted by Crippen LogP contribution is -2.17. The maximum atomic E-state index is 12.2. The molecule has 0 fully saturated rings. The summed E-state index contributed by atoms with van der Waals surface area (Å²) >= 11 is 0. The molecule has 0 aliphatic carbocycles. The number of benzene rings is 1.